The largest absolute Gasteiger partial charge is 0.347 e. The zero-order valence-corrected chi connectivity index (χ0v) is 15.8. The van der Waals surface area contributed by atoms with E-state index in [-0.39, 0.29) is 18.4 Å². The number of nitrogens with zero attached hydrogens (tertiary/aromatic N) is 2. The van der Waals surface area contributed by atoms with Crippen molar-refractivity contribution in [1.29, 1.82) is 0 Å². The molecule has 1 atom stereocenters. The highest BCUT2D eigenvalue weighted by Gasteiger charge is 2.18. The minimum absolute atomic E-state index is 0.241. The molecule has 0 aromatic carbocycles. The van der Waals surface area contributed by atoms with Crippen molar-refractivity contribution in [2.24, 2.45) is 0 Å². The summed E-state index contributed by atoms with van der Waals surface area (Å²) in [6.07, 6.45) is 0. The molecule has 0 saturated carbocycles. The Morgan fingerprint density at radius 2 is 2.26 bits per heavy atom. The Morgan fingerprint density at radius 1 is 1.52 bits per heavy atom. The van der Waals surface area contributed by atoms with E-state index in [4.69, 9.17) is 12.2 Å². The highest BCUT2D eigenvalue weighted by atomic mass is 79.9. The summed E-state index contributed by atoms with van der Waals surface area (Å²) in [6, 6.07) is 2.84. The molecule has 0 radical (unpaired) electrons. The molecule has 0 aliphatic rings. The lowest BCUT2D eigenvalue weighted by Gasteiger charge is -2.13. The van der Waals surface area contributed by atoms with Gasteiger partial charge in [0.1, 0.15) is 6.04 Å². The number of halogens is 1. The topological polar surface area (TPSA) is 91.8 Å². The number of hydrogen-bond donors (Lipinski definition) is 3. The van der Waals surface area contributed by atoms with Gasteiger partial charge in [0.25, 0.3) is 5.91 Å². The third-order valence-electron chi connectivity index (χ3n) is 3.11. The minimum Gasteiger partial charge on any atom is -0.347 e. The average Bonchev–Trinajstić information content (AvgIpc) is 3.10. The number of thiophene rings is 1. The molecule has 124 valence electrons. The van der Waals surface area contributed by atoms with Gasteiger partial charge in [-0.05, 0) is 54.1 Å². The maximum atomic E-state index is 12.1. The molecule has 0 saturated heterocycles. The van der Waals surface area contributed by atoms with Crippen LogP contribution in [-0.4, -0.2) is 32.6 Å². The zero-order valence-electron chi connectivity index (χ0n) is 12.6. The van der Waals surface area contributed by atoms with E-state index in [1.807, 2.05) is 6.92 Å². The van der Waals surface area contributed by atoms with E-state index in [1.165, 1.54) is 11.3 Å². The summed E-state index contributed by atoms with van der Waals surface area (Å²) in [4.78, 5) is 24.6. The first kappa shape index (κ1) is 17.8. The molecule has 2 aromatic rings. The van der Waals surface area contributed by atoms with E-state index in [0.717, 1.165) is 3.79 Å². The van der Waals surface area contributed by atoms with Gasteiger partial charge in [-0.2, -0.15) is 5.10 Å². The molecule has 0 spiro atoms. The number of carbonyl (C=O) groups is 2. The number of rotatable bonds is 6. The van der Waals surface area contributed by atoms with Crippen LogP contribution < -0.4 is 10.6 Å². The summed E-state index contributed by atoms with van der Waals surface area (Å²) >= 11 is 9.70. The number of aromatic amines is 1. The third kappa shape index (κ3) is 4.49. The quantitative estimate of drug-likeness (QED) is 0.628. The lowest BCUT2D eigenvalue weighted by atomic mass is 10.3. The number of hydrogen-bond acceptors (Lipinski definition) is 5. The van der Waals surface area contributed by atoms with Crippen LogP contribution in [0.15, 0.2) is 15.9 Å². The lowest BCUT2D eigenvalue weighted by Crippen LogP contribution is -2.44. The molecule has 3 N–H and O–H groups in total. The van der Waals surface area contributed by atoms with Crippen LogP contribution in [0.5, 0.6) is 0 Å². The van der Waals surface area contributed by atoms with Crippen LogP contribution >= 0.6 is 39.5 Å². The van der Waals surface area contributed by atoms with E-state index in [1.54, 1.807) is 23.6 Å². The highest BCUT2D eigenvalue weighted by molar-refractivity contribution is 9.11. The Kier molecular flexibility index (Phi) is 6.08. The van der Waals surface area contributed by atoms with Crippen molar-refractivity contribution in [3.8, 4) is 0 Å². The van der Waals surface area contributed by atoms with Gasteiger partial charge in [0.2, 0.25) is 5.91 Å². The predicted octanol–water partition coefficient (Wildman–Crippen LogP) is 2.22. The second-order valence-electron chi connectivity index (χ2n) is 4.71. The molecule has 0 aliphatic carbocycles. The van der Waals surface area contributed by atoms with E-state index >= 15 is 0 Å². The molecule has 23 heavy (non-hydrogen) atoms. The first-order chi connectivity index (χ1) is 10.9. The monoisotopic (exact) mass is 417 g/mol. The predicted molar refractivity (Wildman–Crippen MR) is 93.9 cm³/mol. The Balaban J connectivity index is 1.90. The summed E-state index contributed by atoms with van der Waals surface area (Å²) in [6.45, 7) is 4.48. The first-order valence-electron chi connectivity index (χ1n) is 6.90. The van der Waals surface area contributed by atoms with E-state index in [2.05, 4.69) is 36.8 Å². The third-order valence-corrected chi connectivity index (χ3v) is 5.05. The zero-order chi connectivity index (χ0) is 17.0. The van der Waals surface area contributed by atoms with Gasteiger partial charge in [-0.3, -0.25) is 14.7 Å². The van der Waals surface area contributed by atoms with E-state index < -0.39 is 6.04 Å². The maximum Gasteiger partial charge on any atom is 0.262 e. The number of H-pyrrole nitrogens is 1. The number of carbonyl (C=O) groups excluding carboxylic acids is 2. The van der Waals surface area contributed by atoms with Crippen molar-refractivity contribution in [2.75, 3.05) is 0 Å². The van der Waals surface area contributed by atoms with E-state index in [0.29, 0.717) is 22.0 Å². The van der Waals surface area contributed by atoms with Crippen molar-refractivity contribution < 1.29 is 9.59 Å². The van der Waals surface area contributed by atoms with Gasteiger partial charge in [0.05, 0.1) is 15.2 Å². The van der Waals surface area contributed by atoms with Crippen molar-refractivity contribution in [2.45, 2.75) is 33.0 Å². The van der Waals surface area contributed by atoms with Crippen LogP contribution in [0.1, 0.15) is 29.3 Å². The molecule has 2 amide bonds. The highest BCUT2D eigenvalue weighted by Crippen LogP contribution is 2.21. The second kappa shape index (κ2) is 7.84. The Labute approximate surface area is 150 Å². The maximum absolute atomic E-state index is 12.1. The number of aromatic nitrogens is 3. The second-order valence-corrected chi connectivity index (χ2v) is 7.56. The molecule has 2 rings (SSSR count). The van der Waals surface area contributed by atoms with Gasteiger partial charge in [0, 0.05) is 6.54 Å². The average molecular weight is 418 g/mol. The van der Waals surface area contributed by atoms with Crippen molar-refractivity contribution >= 4 is 51.3 Å². The van der Waals surface area contributed by atoms with Crippen LogP contribution in [0, 0.1) is 4.77 Å². The fraction of sp³-hybridized carbons (Fsp3) is 0.385. The van der Waals surface area contributed by atoms with Gasteiger partial charge >= 0.3 is 0 Å². The summed E-state index contributed by atoms with van der Waals surface area (Å²) in [7, 11) is 0. The van der Waals surface area contributed by atoms with Crippen LogP contribution in [0.4, 0.5) is 0 Å². The lowest BCUT2D eigenvalue weighted by molar-refractivity contribution is -0.122. The molecular weight excluding hydrogens is 402 g/mol. The van der Waals surface area contributed by atoms with Crippen molar-refractivity contribution in [3.63, 3.8) is 0 Å². The smallest absolute Gasteiger partial charge is 0.262 e. The van der Waals surface area contributed by atoms with Gasteiger partial charge < -0.3 is 15.2 Å². The first-order valence-corrected chi connectivity index (χ1v) is 8.92. The van der Waals surface area contributed by atoms with Crippen LogP contribution in [0.3, 0.4) is 0 Å². The van der Waals surface area contributed by atoms with Gasteiger partial charge in [0.15, 0.2) is 10.6 Å². The van der Waals surface area contributed by atoms with E-state index in [9.17, 15) is 9.59 Å². The fourth-order valence-corrected chi connectivity index (χ4v) is 3.47. The molecule has 0 bridgehead atoms. The Bertz CT molecular complexity index is 767. The van der Waals surface area contributed by atoms with Crippen molar-refractivity contribution in [1.82, 2.24) is 25.4 Å². The summed E-state index contributed by atoms with van der Waals surface area (Å²) in [5.74, 6) is 0.0803. The normalized spacial score (nSPS) is 12.0. The fourth-order valence-electron chi connectivity index (χ4n) is 1.90. The summed E-state index contributed by atoms with van der Waals surface area (Å²) < 4.78 is 3.17. The molecule has 0 fully saturated rings. The molecule has 2 heterocycles. The molecule has 7 nitrogen and oxygen atoms in total. The molecule has 10 heteroatoms. The summed E-state index contributed by atoms with van der Waals surface area (Å²) in [5.41, 5.74) is 0. The minimum atomic E-state index is -0.652. The summed E-state index contributed by atoms with van der Waals surface area (Å²) in [5, 5.41) is 12.2. The molecule has 1 unspecified atom stereocenters. The van der Waals surface area contributed by atoms with Gasteiger partial charge in [-0.1, -0.05) is 0 Å². The van der Waals surface area contributed by atoms with Crippen molar-refractivity contribution in [3.05, 3.63) is 31.4 Å². The van der Waals surface area contributed by atoms with Crippen LogP contribution in [0.2, 0.25) is 0 Å². The Morgan fingerprint density at radius 3 is 2.87 bits per heavy atom. The number of amides is 2. The van der Waals surface area contributed by atoms with Crippen LogP contribution in [-0.2, 0) is 17.9 Å². The van der Waals surface area contributed by atoms with Gasteiger partial charge in [-0.25, -0.2) is 0 Å². The van der Waals surface area contributed by atoms with Gasteiger partial charge in [-0.15, -0.1) is 11.3 Å². The number of nitrogens with one attached hydrogen (secondary N) is 3. The molecule has 0 aliphatic heterocycles. The Hall–Kier alpha value is -1.52. The standard InChI is InChI=1S/C13H16BrN5O2S2/c1-3-19-10(17-18-13(19)22)6-15-11(20)7(2)16-12(21)8-4-5-9(14)23-8/h4-5,7H,3,6H2,1-2H3,(H,15,20)(H,16,21)(H,18,22). The molecular formula is C13H16BrN5O2S2. The molecule has 2 aromatic heterocycles. The SMILES string of the molecule is CCn1c(CNC(=O)C(C)NC(=O)c2ccc(Br)s2)n[nH]c1=S. The van der Waals surface area contributed by atoms with Crippen LogP contribution in [0.25, 0.3) is 0 Å².